The van der Waals surface area contributed by atoms with Crippen molar-refractivity contribution in [2.75, 3.05) is 16.9 Å². The van der Waals surface area contributed by atoms with Crippen molar-refractivity contribution in [3.05, 3.63) is 54.1 Å². The summed E-state index contributed by atoms with van der Waals surface area (Å²) in [5, 5.41) is 3.04. The number of alkyl halides is 3. The van der Waals surface area contributed by atoms with Gasteiger partial charge in [0.25, 0.3) is 5.91 Å². The van der Waals surface area contributed by atoms with Gasteiger partial charge >= 0.3 is 6.18 Å². The van der Waals surface area contributed by atoms with Crippen LogP contribution in [0.4, 0.5) is 18.9 Å². The Labute approximate surface area is 164 Å². The number of nitrogens with zero attached hydrogens (tertiary/aromatic N) is 1. The van der Waals surface area contributed by atoms with E-state index >= 15 is 0 Å². The maximum Gasteiger partial charge on any atom is 0.417 e. The number of hydrogen-bond acceptors (Lipinski definition) is 3. The zero-order chi connectivity index (χ0) is 19.6. The molecule has 1 amide bonds. The number of thioether (sulfide) groups is 1. The zero-order valence-electron chi connectivity index (χ0n) is 14.4. The third-order valence-electron chi connectivity index (χ3n) is 4.28. The van der Waals surface area contributed by atoms with Crippen LogP contribution in [0.25, 0.3) is 11.1 Å². The SMILES string of the molecule is CSCCC1NC(=S)N(c2ccc(-c3ccccc3)c(C(F)(F)F)c2)C1=O. The highest BCUT2D eigenvalue weighted by Crippen LogP contribution is 2.39. The van der Waals surface area contributed by atoms with E-state index in [4.69, 9.17) is 12.2 Å². The molecule has 3 nitrogen and oxygen atoms in total. The lowest BCUT2D eigenvalue weighted by molar-refractivity contribution is -0.137. The van der Waals surface area contributed by atoms with Gasteiger partial charge in [-0.3, -0.25) is 9.69 Å². The Morgan fingerprint density at radius 2 is 1.89 bits per heavy atom. The Morgan fingerprint density at radius 1 is 1.19 bits per heavy atom. The predicted molar refractivity (Wildman–Crippen MR) is 107 cm³/mol. The third kappa shape index (κ3) is 4.11. The highest BCUT2D eigenvalue weighted by atomic mass is 32.2. The van der Waals surface area contributed by atoms with Gasteiger partial charge in [0.05, 0.1) is 11.3 Å². The van der Waals surface area contributed by atoms with E-state index < -0.39 is 17.8 Å². The summed E-state index contributed by atoms with van der Waals surface area (Å²) in [7, 11) is 0. The summed E-state index contributed by atoms with van der Waals surface area (Å²) in [5.74, 6) is 0.426. The first kappa shape index (κ1) is 19.7. The van der Waals surface area contributed by atoms with E-state index in [1.165, 1.54) is 12.1 Å². The fourth-order valence-corrected chi connectivity index (χ4v) is 3.79. The second kappa shape index (κ2) is 7.90. The first-order chi connectivity index (χ1) is 12.8. The molecule has 27 heavy (non-hydrogen) atoms. The van der Waals surface area contributed by atoms with Crippen LogP contribution < -0.4 is 10.2 Å². The highest BCUT2D eigenvalue weighted by Gasteiger charge is 2.39. The van der Waals surface area contributed by atoms with Crippen molar-refractivity contribution >= 4 is 40.7 Å². The average Bonchev–Trinajstić information content (AvgIpc) is 2.93. The van der Waals surface area contributed by atoms with Gasteiger partial charge in [-0.2, -0.15) is 24.9 Å². The quantitative estimate of drug-likeness (QED) is 0.724. The van der Waals surface area contributed by atoms with E-state index in [-0.39, 0.29) is 22.3 Å². The van der Waals surface area contributed by atoms with Gasteiger partial charge < -0.3 is 5.32 Å². The smallest absolute Gasteiger partial charge is 0.350 e. The summed E-state index contributed by atoms with van der Waals surface area (Å²) >= 11 is 6.79. The minimum absolute atomic E-state index is 0.0660. The Kier molecular flexibility index (Phi) is 5.76. The first-order valence-electron chi connectivity index (χ1n) is 8.23. The number of hydrogen-bond donors (Lipinski definition) is 1. The number of halogens is 3. The van der Waals surface area contributed by atoms with Gasteiger partial charge in [0, 0.05) is 0 Å². The van der Waals surface area contributed by atoms with Crippen molar-refractivity contribution in [3.8, 4) is 11.1 Å². The Hall–Kier alpha value is -2.06. The zero-order valence-corrected chi connectivity index (χ0v) is 16.0. The van der Waals surface area contributed by atoms with Gasteiger partial charge in [0.1, 0.15) is 6.04 Å². The van der Waals surface area contributed by atoms with Crippen LogP contribution in [0.5, 0.6) is 0 Å². The molecular weight excluding hydrogens is 393 g/mol. The molecule has 0 radical (unpaired) electrons. The van der Waals surface area contributed by atoms with Crippen LogP contribution in [0.1, 0.15) is 12.0 Å². The number of rotatable bonds is 5. The number of benzene rings is 2. The van der Waals surface area contributed by atoms with E-state index in [0.29, 0.717) is 12.0 Å². The third-order valence-corrected chi connectivity index (χ3v) is 5.23. The van der Waals surface area contributed by atoms with Gasteiger partial charge in [-0.05, 0) is 53.9 Å². The molecule has 0 aliphatic carbocycles. The molecule has 2 aromatic rings. The minimum Gasteiger partial charge on any atom is -0.350 e. The van der Waals surface area contributed by atoms with Crippen molar-refractivity contribution in [3.63, 3.8) is 0 Å². The predicted octanol–water partition coefficient (Wildman–Crippen LogP) is 4.72. The molecule has 1 heterocycles. The second-order valence-electron chi connectivity index (χ2n) is 6.05. The molecule has 1 aliphatic rings. The van der Waals surface area contributed by atoms with E-state index in [2.05, 4.69) is 5.32 Å². The molecule has 3 rings (SSSR count). The molecule has 2 aromatic carbocycles. The van der Waals surface area contributed by atoms with E-state index in [0.717, 1.165) is 16.7 Å². The van der Waals surface area contributed by atoms with Gasteiger partial charge in [-0.15, -0.1) is 0 Å². The molecular formula is C19H17F3N2OS2. The molecule has 1 fully saturated rings. The summed E-state index contributed by atoms with van der Waals surface area (Å²) in [6, 6.07) is 11.7. The molecule has 8 heteroatoms. The summed E-state index contributed by atoms with van der Waals surface area (Å²) in [6.07, 6.45) is -2.07. The fourth-order valence-electron chi connectivity index (χ4n) is 2.98. The van der Waals surface area contributed by atoms with Gasteiger partial charge in [0.15, 0.2) is 5.11 Å². The van der Waals surface area contributed by atoms with Crippen molar-refractivity contribution in [1.29, 1.82) is 0 Å². The summed E-state index contributed by atoms with van der Waals surface area (Å²) in [6.45, 7) is 0. The monoisotopic (exact) mass is 410 g/mol. The Bertz CT molecular complexity index is 856. The average molecular weight is 410 g/mol. The van der Waals surface area contributed by atoms with Crippen molar-refractivity contribution in [2.24, 2.45) is 0 Å². The van der Waals surface area contributed by atoms with Crippen molar-refractivity contribution in [2.45, 2.75) is 18.6 Å². The number of carbonyl (C=O) groups excluding carboxylic acids is 1. The molecule has 1 unspecified atom stereocenters. The molecule has 0 saturated carbocycles. The maximum absolute atomic E-state index is 13.7. The minimum atomic E-state index is -4.56. The summed E-state index contributed by atoms with van der Waals surface area (Å²) in [5.41, 5.74) is -0.149. The van der Waals surface area contributed by atoms with E-state index in [1.807, 2.05) is 6.26 Å². The molecule has 1 N–H and O–H groups in total. The highest BCUT2D eigenvalue weighted by molar-refractivity contribution is 7.98. The number of carbonyl (C=O) groups is 1. The molecule has 1 atom stereocenters. The van der Waals surface area contributed by atoms with Crippen molar-refractivity contribution in [1.82, 2.24) is 5.32 Å². The molecule has 142 valence electrons. The lowest BCUT2D eigenvalue weighted by Gasteiger charge is -2.19. The van der Waals surface area contributed by atoms with Gasteiger partial charge in [-0.25, -0.2) is 0 Å². The Balaban J connectivity index is 2.00. The molecule has 1 aliphatic heterocycles. The molecule has 0 aromatic heterocycles. The van der Waals surface area contributed by atoms with Crippen LogP contribution in [0, 0.1) is 0 Å². The Morgan fingerprint density at radius 3 is 2.52 bits per heavy atom. The molecule has 0 bridgehead atoms. The standard InChI is InChI=1S/C19H17F3N2OS2/c1-27-10-9-16-17(25)24(18(26)23-16)13-7-8-14(12-5-3-2-4-6-12)15(11-13)19(20,21)22/h2-8,11,16H,9-10H2,1H3,(H,23,26). The lowest BCUT2D eigenvalue weighted by Crippen LogP contribution is -2.31. The van der Waals surface area contributed by atoms with Crippen LogP contribution in [-0.4, -0.2) is 29.1 Å². The molecule has 1 saturated heterocycles. The maximum atomic E-state index is 13.7. The van der Waals surface area contributed by atoms with Gasteiger partial charge in [0.2, 0.25) is 0 Å². The lowest BCUT2D eigenvalue weighted by atomic mass is 9.98. The normalized spacial score (nSPS) is 17.3. The summed E-state index contributed by atoms with van der Waals surface area (Å²) < 4.78 is 41.1. The number of amides is 1. The van der Waals surface area contributed by atoms with Crippen LogP contribution in [0.15, 0.2) is 48.5 Å². The van der Waals surface area contributed by atoms with Crippen LogP contribution in [0.3, 0.4) is 0 Å². The fraction of sp³-hybridized carbons (Fsp3) is 0.263. The number of anilines is 1. The largest absolute Gasteiger partial charge is 0.417 e. The van der Waals surface area contributed by atoms with E-state index in [1.54, 1.807) is 42.1 Å². The molecule has 0 spiro atoms. The number of thiocarbonyl (C=S) groups is 1. The van der Waals surface area contributed by atoms with Crippen LogP contribution >= 0.6 is 24.0 Å². The van der Waals surface area contributed by atoms with Crippen LogP contribution in [-0.2, 0) is 11.0 Å². The van der Waals surface area contributed by atoms with Gasteiger partial charge in [-0.1, -0.05) is 36.4 Å². The topological polar surface area (TPSA) is 32.3 Å². The van der Waals surface area contributed by atoms with E-state index in [9.17, 15) is 18.0 Å². The first-order valence-corrected chi connectivity index (χ1v) is 10.0. The number of nitrogens with one attached hydrogen (secondary N) is 1. The van der Waals surface area contributed by atoms with Crippen molar-refractivity contribution < 1.29 is 18.0 Å². The van der Waals surface area contributed by atoms with Crippen LogP contribution in [0.2, 0.25) is 0 Å². The summed E-state index contributed by atoms with van der Waals surface area (Å²) in [4.78, 5) is 13.8. The second-order valence-corrected chi connectivity index (χ2v) is 7.42.